The van der Waals surface area contributed by atoms with Crippen LogP contribution in [0.25, 0.3) is 11.0 Å². The molecule has 7 nitrogen and oxygen atoms in total. The molecule has 2 aromatic rings. The number of aromatic nitrogens is 3. The fourth-order valence-electron chi connectivity index (χ4n) is 2.78. The van der Waals surface area contributed by atoms with Gasteiger partial charge in [-0.05, 0) is 51.0 Å². The second-order valence-corrected chi connectivity index (χ2v) is 6.76. The summed E-state index contributed by atoms with van der Waals surface area (Å²) in [4.78, 5) is 18.3. The fraction of sp³-hybridized carbons (Fsp3) is 0.579. The third kappa shape index (κ3) is 6.31. The van der Waals surface area contributed by atoms with Gasteiger partial charge in [-0.2, -0.15) is 0 Å². The Balaban J connectivity index is 0.000000359. The second kappa shape index (κ2) is 11.5. The highest BCUT2D eigenvalue weighted by atomic mass is 16.3. The van der Waals surface area contributed by atoms with Crippen LogP contribution in [0.2, 0.25) is 0 Å². The van der Waals surface area contributed by atoms with Crippen LogP contribution in [0.4, 0.5) is 0 Å². The van der Waals surface area contributed by atoms with Crippen molar-refractivity contribution in [1.29, 1.82) is 0 Å². The van der Waals surface area contributed by atoms with Gasteiger partial charge in [-0.15, -0.1) is 5.10 Å². The number of para-hydroxylation sites is 1. The van der Waals surface area contributed by atoms with Crippen LogP contribution >= 0.6 is 0 Å². The minimum Gasteiger partial charge on any atom is -0.371 e. The summed E-state index contributed by atoms with van der Waals surface area (Å²) in [7, 11) is 2.12. The average Bonchev–Trinajstić information content (AvgIpc) is 3.37. The van der Waals surface area contributed by atoms with E-state index in [-0.39, 0.29) is 5.92 Å². The van der Waals surface area contributed by atoms with Crippen LogP contribution in [0.1, 0.15) is 38.8 Å². The predicted octanol–water partition coefficient (Wildman–Crippen LogP) is 2.31. The van der Waals surface area contributed by atoms with E-state index in [1.807, 2.05) is 37.8 Å². The molecule has 1 atom stereocenters. The van der Waals surface area contributed by atoms with Gasteiger partial charge in [-0.1, -0.05) is 37.1 Å². The van der Waals surface area contributed by atoms with Crippen molar-refractivity contribution in [2.24, 2.45) is 11.8 Å². The summed E-state index contributed by atoms with van der Waals surface area (Å²) in [6.45, 7) is 8.35. The van der Waals surface area contributed by atoms with Gasteiger partial charge in [0.25, 0.3) is 0 Å². The van der Waals surface area contributed by atoms with Crippen molar-refractivity contribution in [1.82, 2.24) is 19.9 Å². The van der Waals surface area contributed by atoms with Crippen molar-refractivity contribution in [3.05, 3.63) is 24.3 Å². The van der Waals surface area contributed by atoms with E-state index in [4.69, 9.17) is 9.59 Å². The lowest BCUT2D eigenvalue weighted by Crippen LogP contribution is -2.34. The van der Waals surface area contributed by atoms with Crippen molar-refractivity contribution >= 4 is 24.6 Å². The molecule has 0 radical (unpaired) electrons. The molecule has 7 heteroatoms. The Morgan fingerprint density at radius 2 is 1.62 bits per heavy atom. The van der Waals surface area contributed by atoms with Gasteiger partial charge in [-0.25, -0.2) is 4.68 Å². The molecule has 1 saturated carbocycles. The van der Waals surface area contributed by atoms with Gasteiger partial charge in [0.05, 0.1) is 5.52 Å². The summed E-state index contributed by atoms with van der Waals surface area (Å²) in [6, 6.07) is 7.75. The van der Waals surface area contributed by atoms with E-state index >= 15 is 0 Å². The van der Waals surface area contributed by atoms with E-state index in [1.165, 1.54) is 12.8 Å². The summed E-state index contributed by atoms with van der Waals surface area (Å²) < 4.78 is 1.66. The highest BCUT2D eigenvalue weighted by molar-refractivity contribution is 5.73. The van der Waals surface area contributed by atoms with Crippen molar-refractivity contribution in [2.75, 3.05) is 20.1 Å². The van der Waals surface area contributed by atoms with Gasteiger partial charge in [0.15, 0.2) is 6.23 Å². The average molecular weight is 362 g/mol. The highest BCUT2D eigenvalue weighted by Gasteiger charge is 2.26. The molecule has 4 rings (SSSR count). The SMILES string of the molecule is C=O.C=O.CC1CC1.CN1CCC(C(O)n2nnc3ccccc32)CC1. The van der Waals surface area contributed by atoms with E-state index < -0.39 is 6.23 Å². The van der Waals surface area contributed by atoms with E-state index in [9.17, 15) is 5.11 Å². The normalized spacial score (nSPS) is 18.4. The molecule has 26 heavy (non-hydrogen) atoms. The molecule has 1 unspecified atom stereocenters. The van der Waals surface area contributed by atoms with Gasteiger partial charge >= 0.3 is 0 Å². The van der Waals surface area contributed by atoms with Crippen LogP contribution in [-0.4, -0.2) is 58.7 Å². The number of carbonyl (C=O) groups is 2. The lowest BCUT2D eigenvalue weighted by atomic mass is 9.95. The quantitative estimate of drug-likeness (QED) is 0.882. The van der Waals surface area contributed by atoms with Crippen molar-refractivity contribution < 1.29 is 14.7 Å². The molecule has 144 valence electrons. The lowest BCUT2D eigenvalue weighted by molar-refractivity contribution is -0.0987. The van der Waals surface area contributed by atoms with E-state index in [0.717, 1.165) is 42.9 Å². The maximum atomic E-state index is 10.5. The van der Waals surface area contributed by atoms with Crippen LogP contribution in [-0.2, 0) is 9.59 Å². The predicted molar refractivity (Wildman–Crippen MR) is 102 cm³/mol. The smallest absolute Gasteiger partial charge is 0.152 e. The van der Waals surface area contributed by atoms with Crippen LogP contribution in [0.3, 0.4) is 0 Å². The molecule has 0 amide bonds. The van der Waals surface area contributed by atoms with Gasteiger partial charge < -0.3 is 19.6 Å². The molecular weight excluding hydrogens is 332 g/mol. The zero-order valence-electron chi connectivity index (χ0n) is 15.8. The minimum atomic E-state index is -0.564. The molecule has 2 aliphatic rings. The summed E-state index contributed by atoms with van der Waals surface area (Å²) in [6.07, 6.45) is 4.42. The monoisotopic (exact) mass is 362 g/mol. The van der Waals surface area contributed by atoms with Crippen LogP contribution in [0, 0.1) is 11.8 Å². The van der Waals surface area contributed by atoms with E-state index in [1.54, 1.807) is 4.68 Å². The topological polar surface area (TPSA) is 88.3 Å². The first kappa shape index (κ1) is 21.9. The van der Waals surface area contributed by atoms with Crippen molar-refractivity contribution in [3.63, 3.8) is 0 Å². The van der Waals surface area contributed by atoms with Gasteiger partial charge in [-0.3, -0.25) is 0 Å². The Bertz CT molecular complexity index is 635. The number of piperidine rings is 1. The number of hydrogen-bond acceptors (Lipinski definition) is 6. The zero-order chi connectivity index (χ0) is 19.5. The summed E-state index contributed by atoms with van der Waals surface area (Å²) in [5.41, 5.74) is 1.74. The lowest BCUT2D eigenvalue weighted by Gasteiger charge is -2.31. The standard InChI is InChI=1S/C13H18N4O.C4H8.2CH2O/c1-16-8-6-10(7-9-16)13(18)17-12-5-3-2-4-11(12)14-15-17;1-4-2-3-4;2*1-2/h2-5,10,13,18H,6-9H2,1H3;4H,2-3H2,1H3;2*1H2. The molecular formula is C19H30N4O3. The first-order valence-electron chi connectivity index (χ1n) is 8.89. The fourth-order valence-corrected chi connectivity index (χ4v) is 2.78. The Morgan fingerprint density at radius 3 is 2.15 bits per heavy atom. The third-order valence-corrected chi connectivity index (χ3v) is 4.68. The Morgan fingerprint density at radius 1 is 1.08 bits per heavy atom. The number of fused-ring (bicyclic) bond motifs is 1. The molecule has 2 heterocycles. The summed E-state index contributed by atoms with van der Waals surface area (Å²) in [5.74, 6) is 1.35. The first-order valence-corrected chi connectivity index (χ1v) is 8.89. The summed E-state index contributed by atoms with van der Waals surface area (Å²) in [5, 5.41) is 18.6. The second-order valence-electron chi connectivity index (χ2n) is 6.76. The number of hydrogen-bond donors (Lipinski definition) is 1. The highest BCUT2D eigenvalue weighted by Crippen LogP contribution is 2.28. The first-order chi connectivity index (χ1) is 12.6. The van der Waals surface area contributed by atoms with Gasteiger partial charge in [0.1, 0.15) is 19.1 Å². The summed E-state index contributed by atoms with van der Waals surface area (Å²) >= 11 is 0. The molecule has 1 aromatic heterocycles. The van der Waals surface area contributed by atoms with Crippen molar-refractivity contribution in [2.45, 2.75) is 38.8 Å². The van der Waals surface area contributed by atoms with Gasteiger partial charge in [0.2, 0.25) is 0 Å². The zero-order valence-corrected chi connectivity index (χ0v) is 15.8. The molecule has 2 fully saturated rings. The maximum absolute atomic E-state index is 10.5. The number of likely N-dealkylation sites (tertiary alicyclic amines) is 1. The number of nitrogens with zero attached hydrogens (tertiary/aromatic N) is 4. The van der Waals surface area contributed by atoms with Crippen molar-refractivity contribution in [3.8, 4) is 0 Å². The number of rotatable bonds is 2. The Hall–Kier alpha value is -2.12. The molecule has 1 aliphatic heterocycles. The molecule has 1 aliphatic carbocycles. The van der Waals surface area contributed by atoms with E-state index in [0.29, 0.717) is 0 Å². The van der Waals surface area contributed by atoms with Crippen LogP contribution in [0.5, 0.6) is 0 Å². The molecule has 1 aromatic carbocycles. The van der Waals surface area contributed by atoms with Gasteiger partial charge in [0, 0.05) is 5.92 Å². The van der Waals surface area contributed by atoms with Crippen LogP contribution in [0.15, 0.2) is 24.3 Å². The number of benzene rings is 1. The molecule has 0 bridgehead atoms. The molecule has 1 saturated heterocycles. The van der Waals surface area contributed by atoms with E-state index in [2.05, 4.69) is 29.2 Å². The largest absolute Gasteiger partial charge is 0.371 e. The number of carbonyl (C=O) groups excluding carboxylic acids is 2. The molecule has 0 spiro atoms. The Kier molecular flexibility index (Phi) is 9.69. The maximum Gasteiger partial charge on any atom is 0.152 e. The van der Waals surface area contributed by atoms with Crippen LogP contribution < -0.4 is 0 Å². The number of aliphatic hydroxyl groups excluding tert-OH is 1. The molecule has 1 N–H and O–H groups in total. The minimum absolute atomic E-state index is 0.270. The Labute approximate surface area is 155 Å². The number of aliphatic hydroxyl groups is 1. The third-order valence-electron chi connectivity index (χ3n) is 4.68.